The molecule has 1 unspecified atom stereocenters. The van der Waals surface area contributed by atoms with Crippen molar-refractivity contribution in [3.8, 4) is 11.5 Å². The van der Waals surface area contributed by atoms with Gasteiger partial charge in [-0.1, -0.05) is 18.2 Å². The number of hydrogen-bond donors (Lipinski definition) is 1. The third-order valence-electron chi connectivity index (χ3n) is 2.04. The van der Waals surface area contributed by atoms with Gasteiger partial charge in [-0.05, 0) is 6.07 Å². The maximum atomic E-state index is 5.81. The van der Waals surface area contributed by atoms with Crippen LogP contribution in [0.2, 0.25) is 0 Å². The highest BCUT2D eigenvalue weighted by atomic mass is 16.7. The van der Waals surface area contributed by atoms with Gasteiger partial charge in [0.2, 0.25) is 6.79 Å². The molecule has 0 saturated heterocycles. The number of ether oxygens (including phenoxy) is 2. The molecule has 0 aromatic heterocycles. The zero-order chi connectivity index (χ0) is 9.26. The van der Waals surface area contributed by atoms with Crippen molar-refractivity contribution >= 4 is 0 Å². The first kappa shape index (κ1) is 8.13. The lowest BCUT2D eigenvalue weighted by molar-refractivity contribution is 0.173. The molecule has 1 heterocycles. The Morgan fingerprint density at radius 2 is 2.31 bits per heavy atom. The van der Waals surface area contributed by atoms with E-state index in [-0.39, 0.29) is 12.8 Å². The van der Waals surface area contributed by atoms with Crippen LogP contribution in [-0.2, 0) is 0 Å². The summed E-state index contributed by atoms with van der Waals surface area (Å²) < 4.78 is 10.5. The second-order valence-corrected chi connectivity index (χ2v) is 2.84. The van der Waals surface area contributed by atoms with E-state index < -0.39 is 0 Å². The molecule has 3 heteroatoms. The molecule has 1 aliphatic rings. The van der Waals surface area contributed by atoms with Crippen LogP contribution in [0.1, 0.15) is 11.6 Å². The van der Waals surface area contributed by atoms with E-state index in [4.69, 9.17) is 15.2 Å². The van der Waals surface area contributed by atoms with E-state index in [0.29, 0.717) is 0 Å². The smallest absolute Gasteiger partial charge is 0.231 e. The lowest BCUT2D eigenvalue weighted by atomic mass is 10.1. The Hall–Kier alpha value is -1.48. The van der Waals surface area contributed by atoms with Gasteiger partial charge < -0.3 is 15.2 Å². The minimum absolute atomic E-state index is 0.198. The highest BCUT2D eigenvalue weighted by Crippen LogP contribution is 2.37. The van der Waals surface area contributed by atoms with Crippen molar-refractivity contribution in [1.29, 1.82) is 0 Å². The van der Waals surface area contributed by atoms with Gasteiger partial charge in [-0.3, -0.25) is 0 Å². The Morgan fingerprint density at radius 1 is 1.46 bits per heavy atom. The molecule has 0 bridgehead atoms. The third-order valence-corrected chi connectivity index (χ3v) is 2.04. The van der Waals surface area contributed by atoms with Crippen LogP contribution >= 0.6 is 0 Å². The van der Waals surface area contributed by atoms with E-state index in [2.05, 4.69) is 6.58 Å². The SMILES string of the molecule is C=CC(N)c1cccc2c1OCO2. The molecular weight excluding hydrogens is 166 g/mol. The van der Waals surface area contributed by atoms with E-state index in [1.54, 1.807) is 6.08 Å². The number of nitrogens with two attached hydrogens (primary N) is 1. The number of rotatable bonds is 2. The van der Waals surface area contributed by atoms with E-state index in [1.165, 1.54) is 0 Å². The van der Waals surface area contributed by atoms with Crippen LogP contribution in [0.5, 0.6) is 11.5 Å². The second-order valence-electron chi connectivity index (χ2n) is 2.84. The first-order chi connectivity index (χ1) is 6.33. The molecule has 2 N–H and O–H groups in total. The number of benzene rings is 1. The molecule has 1 aromatic carbocycles. The summed E-state index contributed by atoms with van der Waals surface area (Å²) in [5, 5.41) is 0. The van der Waals surface area contributed by atoms with Gasteiger partial charge in [-0.25, -0.2) is 0 Å². The van der Waals surface area contributed by atoms with Crippen molar-refractivity contribution in [3.05, 3.63) is 36.4 Å². The molecule has 0 fully saturated rings. The molecular formula is C10H11NO2. The Balaban J connectivity index is 2.46. The quantitative estimate of drug-likeness (QED) is 0.698. The molecule has 1 atom stereocenters. The predicted octanol–water partition coefficient (Wildman–Crippen LogP) is 1.60. The average molecular weight is 177 g/mol. The van der Waals surface area contributed by atoms with Crippen LogP contribution in [0, 0.1) is 0 Å². The molecule has 0 spiro atoms. The van der Waals surface area contributed by atoms with Crippen LogP contribution in [0.4, 0.5) is 0 Å². The van der Waals surface area contributed by atoms with Gasteiger partial charge in [0, 0.05) is 5.56 Å². The van der Waals surface area contributed by atoms with Gasteiger partial charge in [0.05, 0.1) is 6.04 Å². The van der Waals surface area contributed by atoms with Crippen LogP contribution in [0.15, 0.2) is 30.9 Å². The van der Waals surface area contributed by atoms with Gasteiger partial charge in [0.15, 0.2) is 11.5 Å². The average Bonchev–Trinajstić information content (AvgIpc) is 2.63. The predicted molar refractivity (Wildman–Crippen MR) is 49.7 cm³/mol. The first-order valence-corrected chi connectivity index (χ1v) is 4.09. The van der Waals surface area contributed by atoms with E-state index >= 15 is 0 Å². The standard InChI is InChI=1S/C10H11NO2/c1-2-8(11)7-4-3-5-9-10(7)13-6-12-9/h2-5,8H,1,6,11H2. The van der Waals surface area contributed by atoms with Gasteiger partial charge in [0.1, 0.15) is 0 Å². The molecule has 0 saturated carbocycles. The molecule has 13 heavy (non-hydrogen) atoms. The molecule has 1 aromatic rings. The fourth-order valence-corrected chi connectivity index (χ4v) is 1.34. The largest absolute Gasteiger partial charge is 0.454 e. The molecule has 2 rings (SSSR count). The summed E-state index contributed by atoms with van der Waals surface area (Å²) in [7, 11) is 0. The molecule has 68 valence electrons. The van der Waals surface area contributed by atoms with E-state index in [9.17, 15) is 0 Å². The minimum Gasteiger partial charge on any atom is -0.454 e. The van der Waals surface area contributed by atoms with Crippen molar-refractivity contribution < 1.29 is 9.47 Å². The Labute approximate surface area is 76.8 Å². The summed E-state index contributed by atoms with van der Waals surface area (Å²) in [6, 6.07) is 5.48. The van der Waals surface area contributed by atoms with E-state index in [0.717, 1.165) is 17.1 Å². The van der Waals surface area contributed by atoms with Crippen LogP contribution in [0.25, 0.3) is 0 Å². The second kappa shape index (κ2) is 3.11. The monoisotopic (exact) mass is 177 g/mol. The van der Waals surface area contributed by atoms with Crippen molar-refractivity contribution in [2.45, 2.75) is 6.04 Å². The normalized spacial score (nSPS) is 15.5. The maximum Gasteiger partial charge on any atom is 0.231 e. The molecule has 1 aliphatic heterocycles. The maximum absolute atomic E-state index is 5.81. The van der Waals surface area contributed by atoms with Crippen molar-refractivity contribution in [3.63, 3.8) is 0 Å². The van der Waals surface area contributed by atoms with Gasteiger partial charge >= 0.3 is 0 Å². The Bertz CT molecular complexity index is 336. The van der Waals surface area contributed by atoms with Crippen LogP contribution < -0.4 is 15.2 Å². The fraction of sp³-hybridized carbons (Fsp3) is 0.200. The fourth-order valence-electron chi connectivity index (χ4n) is 1.34. The van der Waals surface area contributed by atoms with Crippen molar-refractivity contribution in [2.75, 3.05) is 6.79 Å². The lowest BCUT2D eigenvalue weighted by Gasteiger charge is -2.09. The summed E-state index contributed by atoms with van der Waals surface area (Å²) in [6.45, 7) is 3.92. The highest BCUT2D eigenvalue weighted by molar-refractivity contribution is 5.50. The summed E-state index contributed by atoms with van der Waals surface area (Å²) in [4.78, 5) is 0. The highest BCUT2D eigenvalue weighted by Gasteiger charge is 2.19. The van der Waals surface area contributed by atoms with Gasteiger partial charge in [-0.2, -0.15) is 0 Å². The summed E-state index contributed by atoms with van der Waals surface area (Å²) in [6.07, 6.45) is 1.68. The molecule has 3 nitrogen and oxygen atoms in total. The van der Waals surface area contributed by atoms with Crippen molar-refractivity contribution in [1.82, 2.24) is 0 Å². The van der Waals surface area contributed by atoms with Crippen LogP contribution in [0.3, 0.4) is 0 Å². The summed E-state index contributed by atoms with van der Waals surface area (Å²) >= 11 is 0. The topological polar surface area (TPSA) is 44.5 Å². The summed E-state index contributed by atoms with van der Waals surface area (Å²) in [5.41, 5.74) is 6.74. The van der Waals surface area contributed by atoms with Crippen molar-refractivity contribution in [2.24, 2.45) is 5.73 Å². The first-order valence-electron chi connectivity index (χ1n) is 4.09. The van der Waals surface area contributed by atoms with Crippen LogP contribution in [-0.4, -0.2) is 6.79 Å². The lowest BCUT2D eigenvalue weighted by Crippen LogP contribution is -2.07. The number of fused-ring (bicyclic) bond motifs is 1. The zero-order valence-corrected chi connectivity index (χ0v) is 7.19. The molecule has 0 radical (unpaired) electrons. The van der Waals surface area contributed by atoms with Gasteiger partial charge in [0.25, 0.3) is 0 Å². The Morgan fingerprint density at radius 3 is 3.08 bits per heavy atom. The van der Waals surface area contributed by atoms with Gasteiger partial charge in [-0.15, -0.1) is 6.58 Å². The minimum atomic E-state index is -0.198. The number of para-hydroxylation sites is 1. The third kappa shape index (κ3) is 1.27. The summed E-state index contributed by atoms with van der Waals surface area (Å²) in [5.74, 6) is 1.50. The van der Waals surface area contributed by atoms with E-state index in [1.807, 2.05) is 18.2 Å². The molecule has 0 amide bonds. The Kier molecular flexibility index (Phi) is 1.94. The number of hydrogen-bond acceptors (Lipinski definition) is 3. The zero-order valence-electron chi connectivity index (χ0n) is 7.19. The molecule has 0 aliphatic carbocycles.